The Bertz CT molecular complexity index is 1250. The number of nitrogens with one attached hydrogen (secondary N) is 2. The zero-order valence-electron chi connectivity index (χ0n) is 17.1. The molecule has 0 saturated carbocycles. The maximum absolute atomic E-state index is 13.4. The molecule has 2 heterocycles. The monoisotopic (exact) mass is 430 g/mol. The Kier molecular flexibility index (Phi) is 6.03. The van der Waals surface area contributed by atoms with Crippen LogP contribution in [0.25, 0.3) is 22.4 Å². The normalized spacial score (nSPS) is 10.6. The smallest absolute Gasteiger partial charge is 0.239 e. The second kappa shape index (κ2) is 9.22. The average molecular weight is 430 g/mol. The Morgan fingerprint density at radius 1 is 0.969 bits per heavy atom. The molecule has 4 aromatic rings. The fourth-order valence-corrected chi connectivity index (χ4v) is 3.23. The number of anilines is 2. The van der Waals surface area contributed by atoms with Gasteiger partial charge in [-0.3, -0.25) is 14.9 Å². The van der Waals surface area contributed by atoms with Crippen LogP contribution >= 0.6 is 0 Å². The molecule has 0 bridgehead atoms. The summed E-state index contributed by atoms with van der Waals surface area (Å²) in [6.45, 7) is 1.38. The van der Waals surface area contributed by atoms with Crippen molar-refractivity contribution >= 4 is 23.5 Å². The fraction of sp³-hybridized carbons (Fsp3) is 0.0833. The minimum atomic E-state index is -0.382. The van der Waals surface area contributed by atoms with Crippen molar-refractivity contribution in [1.29, 1.82) is 0 Å². The zero-order chi connectivity index (χ0) is 22.5. The predicted octanol–water partition coefficient (Wildman–Crippen LogP) is 4.68. The SMILES string of the molecule is CC(=O)Nc1cc(-c2c(-c3ccc(F)cc3)noc2NC(=O)Cc2ccccc2)ccn1. The minimum Gasteiger partial charge on any atom is -0.337 e. The number of hydrogen-bond donors (Lipinski definition) is 2. The number of nitrogens with zero attached hydrogens (tertiary/aromatic N) is 2. The fourth-order valence-electron chi connectivity index (χ4n) is 3.23. The highest BCUT2D eigenvalue weighted by Gasteiger charge is 2.22. The van der Waals surface area contributed by atoms with Gasteiger partial charge in [-0.05, 0) is 47.5 Å². The summed E-state index contributed by atoms with van der Waals surface area (Å²) in [5.74, 6) is -0.453. The maximum atomic E-state index is 13.4. The van der Waals surface area contributed by atoms with E-state index in [1.54, 1.807) is 24.3 Å². The summed E-state index contributed by atoms with van der Waals surface area (Å²) < 4.78 is 18.9. The Morgan fingerprint density at radius 2 is 1.72 bits per heavy atom. The third-order valence-corrected chi connectivity index (χ3v) is 4.62. The van der Waals surface area contributed by atoms with E-state index in [1.165, 1.54) is 25.3 Å². The number of carbonyl (C=O) groups is 2. The van der Waals surface area contributed by atoms with Crippen LogP contribution in [0, 0.1) is 5.82 Å². The molecule has 0 aliphatic carbocycles. The lowest BCUT2D eigenvalue weighted by atomic mass is 10.0. The lowest BCUT2D eigenvalue weighted by molar-refractivity contribution is -0.116. The summed E-state index contributed by atoms with van der Waals surface area (Å²) in [5, 5.41) is 9.52. The van der Waals surface area contributed by atoms with Crippen molar-refractivity contribution in [1.82, 2.24) is 10.1 Å². The molecule has 4 rings (SSSR count). The zero-order valence-corrected chi connectivity index (χ0v) is 17.1. The van der Waals surface area contributed by atoms with E-state index in [1.807, 2.05) is 30.3 Å². The molecule has 32 heavy (non-hydrogen) atoms. The average Bonchev–Trinajstić information content (AvgIpc) is 3.18. The molecule has 7 nitrogen and oxygen atoms in total. The first-order chi connectivity index (χ1) is 15.5. The van der Waals surface area contributed by atoms with E-state index in [0.717, 1.165) is 5.56 Å². The molecule has 2 aromatic carbocycles. The van der Waals surface area contributed by atoms with Gasteiger partial charge in [0.2, 0.25) is 17.7 Å². The highest BCUT2D eigenvalue weighted by atomic mass is 19.1. The van der Waals surface area contributed by atoms with Crippen LogP contribution in [0.1, 0.15) is 12.5 Å². The van der Waals surface area contributed by atoms with E-state index in [-0.39, 0.29) is 29.9 Å². The molecular formula is C24H19FN4O3. The first-order valence-corrected chi connectivity index (χ1v) is 9.83. The van der Waals surface area contributed by atoms with E-state index >= 15 is 0 Å². The number of pyridine rings is 1. The first-order valence-electron chi connectivity index (χ1n) is 9.83. The topological polar surface area (TPSA) is 97.1 Å². The van der Waals surface area contributed by atoms with Crippen LogP contribution in [-0.4, -0.2) is 22.0 Å². The summed E-state index contributed by atoms with van der Waals surface area (Å²) >= 11 is 0. The molecule has 160 valence electrons. The molecule has 8 heteroatoms. The van der Waals surface area contributed by atoms with Gasteiger partial charge >= 0.3 is 0 Å². The quantitative estimate of drug-likeness (QED) is 0.463. The minimum absolute atomic E-state index is 0.144. The van der Waals surface area contributed by atoms with Gasteiger partial charge in [-0.2, -0.15) is 0 Å². The summed E-state index contributed by atoms with van der Waals surface area (Å²) in [5.41, 5.74) is 2.97. The third-order valence-electron chi connectivity index (χ3n) is 4.62. The lowest BCUT2D eigenvalue weighted by Crippen LogP contribution is -2.14. The number of benzene rings is 2. The van der Waals surface area contributed by atoms with Crippen LogP contribution in [0.3, 0.4) is 0 Å². The molecule has 0 atom stereocenters. The molecule has 0 radical (unpaired) electrons. The molecule has 0 fully saturated rings. The second-order valence-electron chi connectivity index (χ2n) is 7.06. The predicted molar refractivity (Wildman–Crippen MR) is 118 cm³/mol. The Morgan fingerprint density at radius 3 is 2.44 bits per heavy atom. The van der Waals surface area contributed by atoms with Crippen molar-refractivity contribution < 1.29 is 18.5 Å². The molecule has 2 amide bonds. The molecule has 0 aliphatic heterocycles. The van der Waals surface area contributed by atoms with E-state index in [9.17, 15) is 14.0 Å². The van der Waals surface area contributed by atoms with Crippen molar-refractivity contribution in [2.24, 2.45) is 0 Å². The lowest BCUT2D eigenvalue weighted by Gasteiger charge is -2.08. The highest BCUT2D eigenvalue weighted by Crippen LogP contribution is 2.38. The van der Waals surface area contributed by atoms with Crippen molar-refractivity contribution in [3.05, 3.63) is 84.3 Å². The van der Waals surface area contributed by atoms with Gasteiger partial charge in [0.15, 0.2) is 0 Å². The van der Waals surface area contributed by atoms with E-state index < -0.39 is 0 Å². The van der Waals surface area contributed by atoms with E-state index in [4.69, 9.17) is 4.52 Å². The van der Waals surface area contributed by atoms with Crippen molar-refractivity contribution in [2.45, 2.75) is 13.3 Å². The summed E-state index contributed by atoms with van der Waals surface area (Å²) in [7, 11) is 0. The van der Waals surface area contributed by atoms with Crippen LogP contribution in [0.5, 0.6) is 0 Å². The van der Waals surface area contributed by atoms with Crippen molar-refractivity contribution in [3.63, 3.8) is 0 Å². The standard InChI is InChI=1S/C24H19FN4O3/c1-15(30)27-20-14-18(11-12-26-20)22-23(17-7-9-19(25)10-8-17)29-32-24(22)28-21(31)13-16-5-3-2-4-6-16/h2-12,14H,13H2,1H3,(H,28,31)(H,26,27,30). The molecule has 2 aromatic heterocycles. The number of hydrogen-bond acceptors (Lipinski definition) is 5. The summed E-state index contributed by atoms with van der Waals surface area (Å²) in [4.78, 5) is 28.2. The van der Waals surface area contributed by atoms with Crippen molar-refractivity contribution in [2.75, 3.05) is 10.6 Å². The van der Waals surface area contributed by atoms with Gasteiger partial charge in [-0.25, -0.2) is 9.37 Å². The largest absolute Gasteiger partial charge is 0.337 e. The van der Waals surface area contributed by atoms with Gasteiger partial charge in [0.05, 0.1) is 12.0 Å². The van der Waals surface area contributed by atoms with Gasteiger partial charge in [0, 0.05) is 18.7 Å². The maximum Gasteiger partial charge on any atom is 0.239 e. The number of aromatic nitrogens is 2. The summed E-state index contributed by atoms with van der Waals surface area (Å²) in [6.07, 6.45) is 1.68. The third kappa shape index (κ3) is 4.86. The summed E-state index contributed by atoms with van der Waals surface area (Å²) in [6, 6.07) is 18.4. The van der Waals surface area contributed by atoms with Gasteiger partial charge in [-0.15, -0.1) is 0 Å². The first kappa shape index (κ1) is 20.9. The van der Waals surface area contributed by atoms with E-state index in [0.29, 0.717) is 28.2 Å². The molecule has 0 aliphatic rings. The number of halogens is 1. The molecule has 0 spiro atoms. The molecule has 2 N–H and O–H groups in total. The van der Waals surface area contributed by atoms with Gasteiger partial charge in [-0.1, -0.05) is 35.5 Å². The second-order valence-corrected chi connectivity index (χ2v) is 7.06. The highest BCUT2D eigenvalue weighted by molar-refractivity contribution is 5.98. The Balaban J connectivity index is 1.73. The van der Waals surface area contributed by atoms with Gasteiger partial charge in [0.1, 0.15) is 17.3 Å². The van der Waals surface area contributed by atoms with Crippen LogP contribution in [-0.2, 0) is 16.0 Å². The number of carbonyl (C=O) groups excluding carboxylic acids is 2. The van der Waals surface area contributed by atoms with Gasteiger partial charge < -0.3 is 9.84 Å². The van der Waals surface area contributed by atoms with E-state index in [2.05, 4.69) is 20.8 Å². The number of rotatable bonds is 6. The Hall–Kier alpha value is -4.33. The Labute approximate surface area is 183 Å². The van der Waals surface area contributed by atoms with Crippen LogP contribution < -0.4 is 10.6 Å². The number of amides is 2. The van der Waals surface area contributed by atoms with Crippen LogP contribution in [0.4, 0.5) is 16.1 Å². The van der Waals surface area contributed by atoms with Crippen molar-refractivity contribution in [3.8, 4) is 22.4 Å². The molecule has 0 saturated heterocycles. The van der Waals surface area contributed by atoms with Gasteiger partial charge in [0.25, 0.3) is 0 Å². The molecule has 0 unspecified atom stereocenters. The van der Waals surface area contributed by atoms with Crippen LogP contribution in [0.2, 0.25) is 0 Å². The molecular weight excluding hydrogens is 411 g/mol. The van der Waals surface area contributed by atoms with Crippen LogP contribution in [0.15, 0.2) is 77.4 Å².